The van der Waals surface area contributed by atoms with E-state index >= 15 is 0 Å². The number of rotatable bonds is 5. The summed E-state index contributed by atoms with van der Waals surface area (Å²) in [5.74, 6) is 0. The van der Waals surface area contributed by atoms with Gasteiger partial charge in [0, 0.05) is 12.1 Å². The van der Waals surface area contributed by atoms with Gasteiger partial charge in [-0.15, -0.1) is 6.58 Å². The van der Waals surface area contributed by atoms with Crippen molar-refractivity contribution in [3.8, 4) is 0 Å². The molecule has 0 bridgehead atoms. The Morgan fingerprint density at radius 3 is 2.29 bits per heavy atom. The van der Waals surface area contributed by atoms with Crippen LogP contribution < -0.4 is 5.32 Å². The fourth-order valence-electron chi connectivity index (χ4n) is 1.96. The topological polar surface area (TPSA) is 12.0 Å². The highest BCUT2D eigenvalue weighted by molar-refractivity contribution is 5.19. The molecule has 17 heavy (non-hydrogen) atoms. The standard InChI is InChI=1S/C16H25N/c1-6-13(2)17-15(12-16(3,4)5)14-10-8-7-9-11-14/h6-11,13,15,17H,1,12H2,2-5H3. The largest absolute Gasteiger partial charge is 0.304 e. The van der Waals surface area contributed by atoms with Crippen LogP contribution in [0.15, 0.2) is 43.0 Å². The molecule has 0 saturated heterocycles. The number of benzene rings is 1. The predicted molar refractivity (Wildman–Crippen MR) is 76.0 cm³/mol. The molecule has 0 aliphatic heterocycles. The molecule has 94 valence electrons. The van der Waals surface area contributed by atoms with Gasteiger partial charge in [-0.25, -0.2) is 0 Å². The Labute approximate surface area is 106 Å². The molecular formula is C16H25N. The van der Waals surface area contributed by atoms with Crippen LogP contribution in [-0.2, 0) is 0 Å². The normalized spacial score (nSPS) is 15.3. The second kappa shape index (κ2) is 6.02. The molecule has 2 unspecified atom stereocenters. The van der Waals surface area contributed by atoms with Gasteiger partial charge in [-0.2, -0.15) is 0 Å². The summed E-state index contributed by atoms with van der Waals surface area (Å²) in [6.07, 6.45) is 3.08. The molecule has 0 spiro atoms. The van der Waals surface area contributed by atoms with E-state index in [2.05, 4.69) is 69.9 Å². The van der Waals surface area contributed by atoms with E-state index in [0.29, 0.717) is 17.5 Å². The molecule has 0 radical (unpaired) electrons. The van der Waals surface area contributed by atoms with E-state index in [1.54, 1.807) is 0 Å². The van der Waals surface area contributed by atoms with Crippen LogP contribution in [0.1, 0.15) is 45.7 Å². The fraction of sp³-hybridized carbons (Fsp3) is 0.500. The van der Waals surface area contributed by atoms with Gasteiger partial charge >= 0.3 is 0 Å². The van der Waals surface area contributed by atoms with Crippen molar-refractivity contribution < 1.29 is 0 Å². The van der Waals surface area contributed by atoms with Gasteiger partial charge in [0.1, 0.15) is 0 Å². The maximum atomic E-state index is 3.84. The van der Waals surface area contributed by atoms with Gasteiger partial charge in [0.25, 0.3) is 0 Å². The minimum atomic E-state index is 0.314. The molecule has 0 aliphatic rings. The lowest BCUT2D eigenvalue weighted by Gasteiger charge is -2.29. The zero-order chi connectivity index (χ0) is 12.9. The minimum absolute atomic E-state index is 0.314. The maximum Gasteiger partial charge on any atom is 0.0330 e. The zero-order valence-corrected chi connectivity index (χ0v) is 11.5. The lowest BCUT2D eigenvalue weighted by Crippen LogP contribution is -2.31. The summed E-state index contributed by atoms with van der Waals surface area (Å²) in [6, 6.07) is 11.4. The van der Waals surface area contributed by atoms with Crippen LogP contribution in [-0.4, -0.2) is 6.04 Å². The van der Waals surface area contributed by atoms with Crippen LogP contribution in [0.4, 0.5) is 0 Å². The number of hydrogen-bond acceptors (Lipinski definition) is 1. The quantitative estimate of drug-likeness (QED) is 0.744. The summed E-state index contributed by atoms with van der Waals surface area (Å²) in [5, 5.41) is 3.62. The average Bonchev–Trinajstić information content (AvgIpc) is 2.27. The molecule has 1 N–H and O–H groups in total. The first kappa shape index (κ1) is 14.0. The summed E-state index contributed by atoms with van der Waals surface area (Å²) in [5.41, 5.74) is 1.67. The zero-order valence-electron chi connectivity index (χ0n) is 11.5. The molecule has 0 aromatic heterocycles. The van der Waals surface area contributed by atoms with E-state index in [4.69, 9.17) is 0 Å². The first-order chi connectivity index (χ1) is 7.92. The third-order valence-corrected chi connectivity index (χ3v) is 2.84. The van der Waals surface area contributed by atoms with Gasteiger partial charge in [-0.3, -0.25) is 0 Å². The Morgan fingerprint density at radius 1 is 1.24 bits per heavy atom. The van der Waals surface area contributed by atoms with Crippen LogP contribution in [0.25, 0.3) is 0 Å². The average molecular weight is 231 g/mol. The summed E-state index contributed by atoms with van der Waals surface area (Å²) in [7, 11) is 0. The summed E-state index contributed by atoms with van der Waals surface area (Å²) < 4.78 is 0. The molecule has 0 heterocycles. The van der Waals surface area contributed by atoms with E-state index in [1.807, 2.05) is 6.08 Å². The van der Waals surface area contributed by atoms with Crippen molar-refractivity contribution >= 4 is 0 Å². The Balaban J connectivity index is 2.83. The van der Waals surface area contributed by atoms with E-state index in [0.717, 1.165) is 6.42 Å². The molecule has 0 fully saturated rings. The molecule has 0 amide bonds. The highest BCUT2D eigenvalue weighted by Crippen LogP contribution is 2.29. The molecular weight excluding hydrogens is 206 g/mol. The van der Waals surface area contributed by atoms with Crippen LogP contribution in [0, 0.1) is 5.41 Å². The second-order valence-electron chi connectivity index (χ2n) is 5.92. The Kier molecular flexibility index (Phi) is 4.95. The Hall–Kier alpha value is -1.08. The summed E-state index contributed by atoms with van der Waals surface area (Å²) >= 11 is 0. The Bertz CT molecular complexity index is 334. The van der Waals surface area contributed by atoms with E-state index in [9.17, 15) is 0 Å². The van der Waals surface area contributed by atoms with E-state index < -0.39 is 0 Å². The van der Waals surface area contributed by atoms with Crippen LogP contribution in [0.2, 0.25) is 0 Å². The predicted octanol–water partition coefficient (Wildman–Crippen LogP) is 4.33. The second-order valence-corrected chi connectivity index (χ2v) is 5.92. The van der Waals surface area contributed by atoms with Gasteiger partial charge in [-0.05, 0) is 24.3 Å². The van der Waals surface area contributed by atoms with Gasteiger partial charge in [0.2, 0.25) is 0 Å². The summed E-state index contributed by atoms with van der Waals surface area (Å²) in [4.78, 5) is 0. The van der Waals surface area contributed by atoms with Crippen molar-refractivity contribution in [2.24, 2.45) is 5.41 Å². The third-order valence-electron chi connectivity index (χ3n) is 2.84. The van der Waals surface area contributed by atoms with Crippen molar-refractivity contribution in [1.82, 2.24) is 5.32 Å². The van der Waals surface area contributed by atoms with Crippen LogP contribution in [0.3, 0.4) is 0 Å². The molecule has 1 rings (SSSR count). The SMILES string of the molecule is C=CC(C)NC(CC(C)(C)C)c1ccccc1. The summed E-state index contributed by atoms with van der Waals surface area (Å²) in [6.45, 7) is 12.8. The van der Waals surface area contributed by atoms with Crippen LogP contribution >= 0.6 is 0 Å². The third kappa shape index (κ3) is 5.18. The van der Waals surface area contributed by atoms with Gasteiger partial charge < -0.3 is 5.32 Å². The lowest BCUT2D eigenvalue weighted by molar-refractivity contribution is 0.305. The number of hydrogen-bond donors (Lipinski definition) is 1. The maximum absolute atomic E-state index is 3.84. The Morgan fingerprint density at radius 2 is 1.82 bits per heavy atom. The smallest absolute Gasteiger partial charge is 0.0330 e. The van der Waals surface area contributed by atoms with Gasteiger partial charge in [-0.1, -0.05) is 57.2 Å². The highest BCUT2D eigenvalue weighted by Gasteiger charge is 2.20. The van der Waals surface area contributed by atoms with Crippen molar-refractivity contribution in [3.05, 3.63) is 48.6 Å². The molecule has 1 heteroatoms. The fourth-order valence-corrected chi connectivity index (χ4v) is 1.96. The monoisotopic (exact) mass is 231 g/mol. The molecule has 2 atom stereocenters. The van der Waals surface area contributed by atoms with Crippen LogP contribution in [0.5, 0.6) is 0 Å². The number of nitrogens with one attached hydrogen (secondary N) is 1. The van der Waals surface area contributed by atoms with Crippen molar-refractivity contribution in [3.63, 3.8) is 0 Å². The molecule has 1 aromatic rings. The molecule has 0 saturated carbocycles. The van der Waals surface area contributed by atoms with Crippen molar-refractivity contribution in [2.45, 2.75) is 46.2 Å². The van der Waals surface area contributed by atoms with Gasteiger partial charge in [0.15, 0.2) is 0 Å². The van der Waals surface area contributed by atoms with E-state index in [1.165, 1.54) is 5.56 Å². The van der Waals surface area contributed by atoms with Crippen molar-refractivity contribution in [1.29, 1.82) is 0 Å². The lowest BCUT2D eigenvalue weighted by atomic mass is 9.85. The van der Waals surface area contributed by atoms with E-state index in [-0.39, 0.29) is 0 Å². The molecule has 1 aromatic carbocycles. The first-order valence-electron chi connectivity index (χ1n) is 6.36. The first-order valence-corrected chi connectivity index (χ1v) is 6.36. The van der Waals surface area contributed by atoms with Gasteiger partial charge in [0.05, 0.1) is 0 Å². The molecule has 1 nitrogen and oxygen atoms in total. The minimum Gasteiger partial charge on any atom is -0.304 e. The van der Waals surface area contributed by atoms with Crippen molar-refractivity contribution in [2.75, 3.05) is 0 Å². The highest BCUT2D eigenvalue weighted by atomic mass is 14.9. The molecule has 0 aliphatic carbocycles.